The molecular formula is C19H21N3O3. The number of amides is 1. The number of carbonyl (C=O) groups excluding carboxylic acids is 1. The molecule has 0 saturated heterocycles. The first-order chi connectivity index (χ1) is 12.1. The maximum atomic E-state index is 12.6. The number of nitrogens with zero attached hydrogens (tertiary/aromatic N) is 2. The molecule has 1 N–H and O–H groups in total. The van der Waals surface area contributed by atoms with Crippen LogP contribution in [0.3, 0.4) is 0 Å². The third kappa shape index (κ3) is 2.99. The molecule has 1 aliphatic carbocycles. The van der Waals surface area contributed by atoms with Gasteiger partial charge in [-0.15, -0.1) is 0 Å². The van der Waals surface area contributed by atoms with Crippen LogP contribution in [0.1, 0.15) is 29.0 Å². The number of carbonyl (C=O) groups is 1. The molecule has 0 radical (unpaired) electrons. The summed E-state index contributed by atoms with van der Waals surface area (Å²) in [6.45, 7) is 3.43. The number of aryl methyl sites for hydroxylation is 1. The van der Waals surface area contributed by atoms with E-state index < -0.39 is 0 Å². The minimum Gasteiger partial charge on any atom is -0.497 e. The largest absolute Gasteiger partial charge is 0.497 e. The normalized spacial score (nSPS) is 15.3. The van der Waals surface area contributed by atoms with Gasteiger partial charge in [0, 0.05) is 47.9 Å². The van der Waals surface area contributed by atoms with E-state index in [0.717, 1.165) is 30.3 Å². The van der Waals surface area contributed by atoms with E-state index in [9.17, 15) is 4.79 Å². The Hall–Kier alpha value is -2.76. The topological polar surface area (TPSA) is 69.3 Å². The lowest BCUT2D eigenvalue weighted by Gasteiger charge is -2.16. The van der Waals surface area contributed by atoms with Crippen molar-refractivity contribution >= 4 is 16.9 Å². The standard InChI is InChI=1S/C19H21N3O3/c1-13-15-4-3-14(24-2)9-16(15)25-17(13)18(23)21-10-19(5-6-19)11-22-8-7-20-12-22/h3-4,7-9,12H,5-6,10-11H2,1-2H3,(H,21,23). The number of methoxy groups -OCH3 is 1. The third-order valence-corrected chi connectivity index (χ3v) is 5.01. The average molecular weight is 339 g/mol. The maximum Gasteiger partial charge on any atom is 0.287 e. The summed E-state index contributed by atoms with van der Waals surface area (Å²) in [6.07, 6.45) is 7.78. The van der Waals surface area contributed by atoms with Gasteiger partial charge in [-0.2, -0.15) is 0 Å². The summed E-state index contributed by atoms with van der Waals surface area (Å²) < 4.78 is 13.1. The zero-order valence-corrected chi connectivity index (χ0v) is 14.4. The van der Waals surface area contributed by atoms with Gasteiger partial charge in [-0.05, 0) is 31.9 Å². The number of benzene rings is 1. The van der Waals surface area contributed by atoms with Crippen LogP contribution in [0.25, 0.3) is 11.0 Å². The van der Waals surface area contributed by atoms with Crippen LogP contribution in [0, 0.1) is 12.3 Å². The Morgan fingerprint density at radius 2 is 2.28 bits per heavy atom. The molecule has 1 amide bonds. The SMILES string of the molecule is COc1ccc2c(C)c(C(=O)NCC3(Cn4ccnc4)CC3)oc2c1. The van der Waals surface area contributed by atoms with Crippen molar-refractivity contribution in [2.75, 3.05) is 13.7 Å². The monoisotopic (exact) mass is 339 g/mol. The van der Waals surface area contributed by atoms with Crippen LogP contribution in [0.5, 0.6) is 5.75 Å². The van der Waals surface area contributed by atoms with E-state index in [4.69, 9.17) is 9.15 Å². The Bertz CT molecular complexity index is 908. The van der Waals surface area contributed by atoms with Crippen molar-refractivity contribution in [2.45, 2.75) is 26.3 Å². The Labute approximate surface area is 145 Å². The van der Waals surface area contributed by atoms with Crippen LogP contribution in [0.15, 0.2) is 41.3 Å². The lowest BCUT2D eigenvalue weighted by atomic mass is 10.1. The maximum absolute atomic E-state index is 12.6. The van der Waals surface area contributed by atoms with E-state index in [0.29, 0.717) is 23.6 Å². The van der Waals surface area contributed by atoms with Gasteiger partial charge in [-0.3, -0.25) is 4.79 Å². The first-order valence-corrected chi connectivity index (χ1v) is 8.41. The second-order valence-electron chi connectivity index (χ2n) is 6.84. The Kier molecular flexibility index (Phi) is 3.75. The minimum absolute atomic E-state index is 0.138. The van der Waals surface area contributed by atoms with E-state index in [1.807, 2.05) is 31.6 Å². The molecule has 6 nitrogen and oxygen atoms in total. The molecule has 130 valence electrons. The fraction of sp³-hybridized carbons (Fsp3) is 0.368. The summed E-state index contributed by atoms with van der Waals surface area (Å²) in [4.78, 5) is 16.7. The number of nitrogens with one attached hydrogen (secondary N) is 1. The van der Waals surface area contributed by atoms with E-state index in [1.54, 1.807) is 19.4 Å². The number of imidazole rings is 1. The molecule has 1 aromatic carbocycles. The summed E-state index contributed by atoms with van der Waals surface area (Å²) >= 11 is 0. The summed E-state index contributed by atoms with van der Waals surface area (Å²) in [7, 11) is 1.61. The van der Waals surface area contributed by atoms with Gasteiger partial charge in [-0.25, -0.2) is 4.98 Å². The molecule has 6 heteroatoms. The number of hydrogen-bond acceptors (Lipinski definition) is 4. The van der Waals surface area contributed by atoms with Crippen molar-refractivity contribution in [3.63, 3.8) is 0 Å². The van der Waals surface area contributed by atoms with Gasteiger partial charge in [0.15, 0.2) is 5.76 Å². The molecule has 0 bridgehead atoms. The quantitative estimate of drug-likeness (QED) is 0.749. The summed E-state index contributed by atoms with van der Waals surface area (Å²) in [5.74, 6) is 0.928. The van der Waals surface area contributed by atoms with Crippen molar-refractivity contribution in [3.05, 3.63) is 48.2 Å². The van der Waals surface area contributed by atoms with Crippen LogP contribution < -0.4 is 10.1 Å². The number of furan rings is 1. The third-order valence-electron chi connectivity index (χ3n) is 5.01. The van der Waals surface area contributed by atoms with Gasteiger partial charge < -0.3 is 19.0 Å². The molecule has 0 atom stereocenters. The first-order valence-electron chi connectivity index (χ1n) is 8.41. The van der Waals surface area contributed by atoms with Crippen molar-refractivity contribution in [3.8, 4) is 5.75 Å². The summed E-state index contributed by atoms with van der Waals surface area (Å²) in [5.41, 5.74) is 1.66. The van der Waals surface area contributed by atoms with Crippen LogP contribution in [-0.2, 0) is 6.54 Å². The van der Waals surface area contributed by atoms with Crippen LogP contribution >= 0.6 is 0 Å². The van der Waals surface area contributed by atoms with Crippen molar-refractivity contribution in [1.82, 2.24) is 14.9 Å². The van der Waals surface area contributed by atoms with E-state index in [-0.39, 0.29) is 11.3 Å². The molecule has 0 unspecified atom stereocenters. The molecule has 2 aromatic heterocycles. The van der Waals surface area contributed by atoms with E-state index in [1.165, 1.54) is 0 Å². The zero-order valence-electron chi connectivity index (χ0n) is 14.4. The highest BCUT2D eigenvalue weighted by atomic mass is 16.5. The predicted octanol–water partition coefficient (Wildman–Crippen LogP) is 3.16. The van der Waals surface area contributed by atoms with Crippen LogP contribution in [0.4, 0.5) is 0 Å². The van der Waals surface area contributed by atoms with Gasteiger partial charge in [0.1, 0.15) is 11.3 Å². The summed E-state index contributed by atoms with van der Waals surface area (Å²) in [6, 6.07) is 5.60. The average Bonchev–Trinajstić information content (AvgIpc) is 3.03. The Balaban J connectivity index is 1.48. The van der Waals surface area contributed by atoms with E-state index >= 15 is 0 Å². The number of rotatable bonds is 6. The van der Waals surface area contributed by atoms with Crippen molar-refractivity contribution in [1.29, 1.82) is 0 Å². The fourth-order valence-electron chi connectivity index (χ4n) is 3.23. The molecule has 1 aliphatic rings. The Morgan fingerprint density at radius 1 is 1.44 bits per heavy atom. The highest BCUT2D eigenvalue weighted by Crippen LogP contribution is 2.46. The second-order valence-corrected chi connectivity index (χ2v) is 6.84. The molecule has 2 heterocycles. The second kappa shape index (κ2) is 5.95. The molecule has 0 aliphatic heterocycles. The van der Waals surface area contributed by atoms with Crippen LogP contribution in [-0.4, -0.2) is 29.1 Å². The lowest BCUT2D eigenvalue weighted by Crippen LogP contribution is -2.32. The highest BCUT2D eigenvalue weighted by molar-refractivity contribution is 5.99. The minimum atomic E-state index is -0.162. The van der Waals surface area contributed by atoms with Gasteiger partial charge >= 0.3 is 0 Å². The van der Waals surface area contributed by atoms with Crippen molar-refractivity contribution < 1.29 is 13.9 Å². The number of hydrogen-bond donors (Lipinski definition) is 1. The number of fused-ring (bicyclic) bond motifs is 1. The molecule has 25 heavy (non-hydrogen) atoms. The molecule has 4 rings (SSSR count). The van der Waals surface area contributed by atoms with Gasteiger partial charge in [0.25, 0.3) is 5.91 Å². The lowest BCUT2D eigenvalue weighted by molar-refractivity contribution is 0.0916. The molecular weight excluding hydrogens is 318 g/mol. The molecule has 1 saturated carbocycles. The van der Waals surface area contributed by atoms with Crippen molar-refractivity contribution in [2.24, 2.45) is 5.41 Å². The van der Waals surface area contributed by atoms with Gasteiger partial charge in [0.2, 0.25) is 0 Å². The number of ether oxygens (including phenoxy) is 1. The first kappa shape index (κ1) is 15.7. The molecule has 3 aromatic rings. The number of aromatic nitrogens is 2. The predicted molar refractivity (Wildman–Crippen MR) is 93.7 cm³/mol. The highest BCUT2D eigenvalue weighted by Gasteiger charge is 2.43. The summed E-state index contributed by atoms with van der Waals surface area (Å²) in [5, 5.41) is 3.98. The fourth-order valence-corrected chi connectivity index (χ4v) is 3.23. The zero-order chi connectivity index (χ0) is 17.4. The van der Waals surface area contributed by atoms with E-state index in [2.05, 4.69) is 14.9 Å². The smallest absolute Gasteiger partial charge is 0.287 e. The van der Waals surface area contributed by atoms with Gasteiger partial charge in [0.05, 0.1) is 13.4 Å². The molecule has 0 spiro atoms. The van der Waals surface area contributed by atoms with Crippen LogP contribution in [0.2, 0.25) is 0 Å². The van der Waals surface area contributed by atoms with Gasteiger partial charge in [-0.1, -0.05) is 0 Å². The molecule has 1 fully saturated rings. The Morgan fingerprint density at radius 3 is 2.96 bits per heavy atom.